The number of rotatable bonds is 4. The predicted molar refractivity (Wildman–Crippen MR) is 119 cm³/mol. The summed E-state index contributed by atoms with van der Waals surface area (Å²) >= 11 is 1.23. The molecule has 2 heterocycles. The molecule has 0 saturated carbocycles. The van der Waals surface area contributed by atoms with Crippen LogP contribution < -0.4 is 5.32 Å². The smallest absolute Gasteiger partial charge is 0.252 e. The highest BCUT2D eigenvalue weighted by Gasteiger charge is 2.32. The summed E-state index contributed by atoms with van der Waals surface area (Å²) in [6.45, 7) is 0.746. The van der Waals surface area contributed by atoms with Crippen molar-refractivity contribution in [1.82, 2.24) is 4.31 Å². The van der Waals surface area contributed by atoms with Crippen LogP contribution in [0.3, 0.4) is 0 Å². The maximum atomic E-state index is 12.8. The van der Waals surface area contributed by atoms with Crippen LogP contribution >= 0.6 is 11.3 Å². The molecule has 5 nitrogen and oxygen atoms in total. The lowest BCUT2D eigenvalue weighted by atomic mass is 9.97. The number of hydrogen-bond donors (Lipinski definition) is 1. The molecular formula is C23H22N2O3S2. The topological polar surface area (TPSA) is 66.5 Å². The molecular weight excluding hydrogens is 416 g/mol. The van der Waals surface area contributed by atoms with Crippen LogP contribution in [-0.4, -0.2) is 31.7 Å². The van der Waals surface area contributed by atoms with E-state index in [1.807, 2.05) is 6.07 Å². The molecule has 1 amide bonds. The van der Waals surface area contributed by atoms with Crippen LogP contribution in [0.4, 0.5) is 5.69 Å². The van der Waals surface area contributed by atoms with Gasteiger partial charge in [0.2, 0.25) is 5.91 Å². The van der Waals surface area contributed by atoms with Crippen LogP contribution in [0, 0.1) is 5.92 Å². The highest BCUT2D eigenvalue weighted by atomic mass is 32.2. The van der Waals surface area contributed by atoms with Gasteiger partial charge in [-0.15, -0.1) is 11.3 Å². The number of benzene rings is 2. The van der Waals surface area contributed by atoms with Crippen LogP contribution in [0.25, 0.3) is 11.1 Å². The van der Waals surface area contributed by atoms with Crippen LogP contribution in [0.15, 0.2) is 64.2 Å². The number of carbonyl (C=O) groups excluding carboxylic acids is 1. The fourth-order valence-electron chi connectivity index (χ4n) is 4.36. The third-order valence-corrected chi connectivity index (χ3v) is 9.25. The molecule has 1 aromatic heterocycles. The fourth-order valence-corrected chi connectivity index (χ4v) is 6.98. The summed E-state index contributed by atoms with van der Waals surface area (Å²) in [5.74, 6) is -0.205. The minimum atomic E-state index is -3.44. The van der Waals surface area contributed by atoms with Crippen molar-refractivity contribution in [2.24, 2.45) is 5.92 Å². The van der Waals surface area contributed by atoms with E-state index in [-0.39, 0.29) is 11.8 Å². The number of piperidine rings is 1. The lowest BCUT2D eigenvalue weighted by Gasteiger charge is -2.30. The van der Waals surface area contributed by atoms with Crippen molar-refractivity contribution >= 4 is 33.0 Å². The molecule has 154 valence electrons. The summed E-state index contributed by atoms with van der Waals surface area (Å²) in [6.07, 6.45) is 1.95. The molecule has 1 fully saturated rings. The first kappa shape index (κ1) is 19.5. The van der Waals surface area contributed by atoms with Gasteiger partial charge in [0.15, 0.2) is 0 Å². The minimum absolute atomic E-state index is 0.0290. The first-order chi connectivity index (χ1) is 14.5. The molecule has 2 aliphatic rings. The summed E-state index contributed by atoms with van der Waals surface area (Å²) in [7, 11) is -3.44. The van der Waals surface area contributed by atoms with E-state index in [0.717, 1.165) is 12.1 Å². The summed E-state index contributed by atoms with van der Waals surface area (Å²) in [6, 6.07) is 17.8. The van der Waals surface area contributed by atoms with E-state index in [2.05, 4.69) is 41.7 Å². The second-order valence-electron chi connectivity index (χ2n) is 7.81. The quantitative estimate of drug-likeness (QED) is 0.515. The first-order valence-corrected chi connectivity index (χ1v) is 12.4. The Kier molecular flexibility index (Phi) is 4.97. The van der Waals surface area contributed by atoms with Gasteiger partial charge in [0.25, 0.3) is 10.0 Å². The zero-order valence-electron chi connectivity index (χ0n) is 16.4. The Bertz CT molecular complexity index is 1190. The van der Waals surface area contributed by atoms with Crippen LogP contribution in [0.2, 0.25) is 0 Å². The van der Waals surface area contributed by atoms with Gasteiger partial charge >= 0.3 is 0 Å². The minimum Gasteiger partial charge on any atom is -0.326 e. The Labute approximate surface area is 180 Å². The molecule has 0 radical (unpaired) electrons. The van der Waals surface area contributed by atoms with Crippen molar-refractivity contribution < 1.29 is 13.2 Å². The molecule has 30 heavy (non-hydrogen) atoms. The summed E-state index contributed by atoms with van der Waals surface area (Å²) in [5, 5.41) is 4.81. The van der Waals surface area contributed by atoms with Gasteiger partial charge in [-0.25, -0.2) is 8.42 Å². The molecule has 0 bridgehead atoms. The Hall–Kier alpha value is -2.48. The first-order valence-electron chi connectivity index (χ1n) is 10.1. The van der Waals surface area contributed by atoms with E-state index in [1.54, 1.807) is 17.5 Å². The van der Waals surface area contributed by atoms with Gasteiger partial charge in [0, 0.05) is 24.7 Å². The average Bonchev–Trinajstić information content (AvgIpc) is 3.42. The van der Waals surface area contributed by atoms with E-state index in [4.69, 9.17) is 0 Å². The van der Waals surface area contributed by atoms with Gasteiger partial charge < -0.3 is 5.32 Å². The number of amides is 1. The lowest BCUT2D eigenvalue weighted by Crippen LogP contribution is -2.41. The highest BCUT2D eigenvalue weighted by Crippen LogP contribution is 2.37. The van der Waals surface area contributed by atoms with Crippen molar-refractivity contribution in [3.05, 3.63) is 71.1 Å². The fraction of sp³-hybridized carbons (Fsp3) is 0.261. The number of nitrogens with zero attached hydrogens (tertiary/aromatic N) is 1. The molecule has 7 heteroatoms. The molecule has 1 aliphatic carbocycles. The monoisotopic (exact) mass is 438 g/mol. The van der Waals surface area contributed by atoms with E-state index < -0.39 is 10.0 Å². The molecule has 1 aliphatic heterocycles. The maximum absolute atomic E-state index is 12.8. The lowest BCUT2D eigenvalue weighted by molar-refractivity contribution is -0.120. The number of nitrogens with one attached hydrogen (secondary N) is 1. The van der Waals surface area contributed by atoms with Crippen molar-refractivity contribution in [3.63, 3.8) is 0 Å². The van der Waals surface area contributed by atoms with Crippen molar-refractivity contribution in [3.8, 4) is 11.1 Å². The van der Waals surface area contributed by atoms with Crippen LogP contribution in [0.5, 0.6) is 0 Å². The van der Waals surface area contributed by atoms with Gasteiger partial charge in [-0.05, 0) is 65.1 Å². The number of carbonyl (C=O) groups is 1. The number of anilines is 1. The zero-order valence-corrected chi connectivity index (χ0v) is 18.0. The molecule has 0 spiro atoms. The molecule has 2 aromatic carbocycles. The van der Waals surface area contributed by atoms with Gasteiger partial charge in [0.05, 0.1) is 0 Å². The molecule has 0 atom stereocenters. The van der Waals surface area contributed by atoms with E-state index in [9.17, 15) is 13.2 Å². The number of sulfonamides is 1. The maximum Gasteiger partial charge on any atom is 0.252 e. The predicted octanol–water partition coefficient (Wildman–Crippen LogP) is 4.36. The summed E-state index contributed by atoms with van der Waals surface area (Å²) in [4.78, 5) is 12.8. The van der Waals surface area contributed by atoms with Crippen LogP contribution in [-0.2, 0) is 21.2 Å². The second-order valence-corrected chi connectivity index (χ2v) is 10.9. The Morgan fingerprint density at radius 3 is 2.50 bits per heavy atom. The van der Waals surface area contributed by atoms with Crippen LogP contribution in [0.1, 0.15) is 24.0 Å². The summed E-state index contributed by atoms with van der Waals surface area (Å²) in [5.41, 5.74) is 5.85. The highest BCUT2D eigenvalue weighted by molar-refractivity contribution is 7.91. The largest absolute Gasteiger partial charge is 0.326 e. The molecule has 5 rings (SSSR count). The third kappa shape index (κ3) is 3.47. The average molecular weight is 439 g/mol. The van der Waals surface area contributed by atoms with Crippen molar-refractivity contribution in [2.75, 3.05) is 18.4 Å². The SMILES string of the molecule is O=C(Nc1ccc2c(c1)Cc1ccccc1-2)C1CCN(S(=O)(=O)c2cccs2)CC1. The van der Waals surface area contributed by atoms with Gasteiger partial charge in [-0.1, -0.05) is 36.4 Å². The third-order valence-electron chi connectivity index (χ3n) is 5.98. The van der Waals surface area contributed by atoms with E-state index >= 15 is 0 Å². The van der Waals surface area contributed by atoms with E-state index in [0.29, 0.717) is 30.1 Å². The normalized spacial score (nSPS) is 16.8. The number of thiophene rings is 1. The van der Waals surface area contributed by atoms with E-state index in [1.165, 1.54) is 37.9 Å². The Balaban J connectivity index is 1.23. The molecule has 1 saturated heterocycles. The summed E-state index contributed by atoms with van der Waals surface area (Å²) < 4.78 is 27.2. The Morgan fingerprint density at radius 2 is 1.73 bits per heavy atom. The van der Waals surface area contributed by atoms with Gasteiger partial charge in [0.1, 0.15) is 4.21 Å². The zero-order chi connectivity index (χ0) is 20.7. The Morgan fingerprint density at radius 1 is 0.967 bits per heavy atom. The van der Waals surface area contributed by atoms with Gasteiger partial charge in [-0.2, -0.15) is 4.31 Å². The van der Waals surface area contributed by atoms with Crippen molar-refractivity contribution in [1.29, 1.82) is 0 Å². The molecule has 0 unspecified atom stereocenters. The number of fused-ring (bicyclic) bond motifs is 3. The number of hydrogen-bond acceptors (Lipinski definition) is 4. The van der Waals surface area contributed by atoms with Crippen molar-refractivity contribution in [2.45, 2.75) is 23.5 Å². The standard InChI is InChI=1S/C23H22N2O3S2/c26-23(16-9-11-25(12-10-16)30(27,28)22-6-3-13-29-22)24-19-7-8-21-18(15-19)14-17-4-1-2-5-20(17)21/h1-8,13,15-16H,9-12,14H2,(H,24,26). The molecule has 3 aromatic rings. The van der Waals surface area contributed by atoms with Gasteiger partial charge in [-0.3, -0.25) is 4.79 Å². The molecule has 1 N–H and O–H groups in total. The second kappa shape index (κ2) is 7.65.